The highest BCUT2D eigenvalue weighted by molar-refractivity contribution is 6.33. The Bertz CT molecular complexity index is 248. The lowest BCUT2D eigenvalue weighted by Gasteiger charge is -2.07. The monoisotopic (exact) mass is 170 g/mol. The summed E-state index contributed by atoms with van der Waals surface area (Å²) in [5, 5.41) is 0.671. The van der Waals surface area contributed by atoms with Gasteiger partial charge in [-0.15, -0.1) is 0 Å². The Labute approximate surface area is 71.3 Å². The Kier molecular flexibility index (Phi) is 2.37. The molecular weight excluding hydrogens is 160 g/mol. The highest BCUT2D eigenvalue weighted by Gasteiger charge is 2.01. The van der Waals surface area contributed by atoms with Crippen LogP contribution < -0.4 is 11.3 Å². The normalized spacial score (nSPS) is 9.82. The molecule has 2 nitrogen and oxygen atoms in total. The molecule has 0 saturated carbocycles. The van der Waals surface area contributed by atoms with Crippen molar-refractivity contribution in [2.45, 2.75) is 13.8 Å². The molecule has 1 aromatic rings. The van der Waals surface area contributed by atoms with Crippen molar-refractivity contribution in [3.63, 3.8) is 0 Å². The van der Waals surface area contributed by atoms with Crippen LogP contribution in [0.15, 0.2) is 12.1 Å². The minimum atomic E-state index is 0.671. The number of anilines is 1. The van der Waals surface area contributed by atoms with Crippen molar-refractivity contribution >= 4 is 17.3 Å². The topological polar surface area (TPSA) is 38.0 Å². The molecule has 0 unspecified atom stereocenters. The van der Waals surface area contributed by atoms with Crippen LogP contribution in [0.5, 0.6) is 0 Å². The number of nitrogen functional groups attached to an aromatic ring is 1. The maximum absolute atomic E-state index is 5.89. The summed E-state index contributed by atoms with van der Waals surface area (Å²) in [6.45, 7) is 3.97. The average molecular weight is 171 g/mol. The largest absolute Gasteiger partial charge is 0.322 e. The van der Waals surface area contributed by atoms with E-state index >= 15 is 0 Å². The van der Waals surface area contributed by atoms with Crippen LogP contribution >= 0.6 is 11.6 Å². The van der Waals surface area contributed by atoms with E-state index in [4.69, 9.17) is 17.4 Å². The van der Waals surface area contributed by atoms with Gasteiger partial charge in [0.25, 0.3) is 0 Å². The first-order valence-electron chi connectivity index (χ1n) is 3.38. The highest BCUT2D eigenvalue weighted by atomic mass is 35.5. The predicted molar refractivity (Wildman–Crippen MR) is 48.7 cm³/mol. The van der Waals surface area contributed by atoms with Crippen molar-refractivity contribution in [3.8, 4) is 0 Å². The quantitative estimate of drug-likeness (QED) is 0.501. The van der Waals surface area contributed by atoms with Gasteiger partial charge in [0, 0.05) is 0 Å². The lowest BCUT2D eigenvalue weighted by Crippen LogP contribution is -2.08. The van der Waals surface area contributed by atoms with Crippen LogP contribution in [0.1, 0.15) is 11.1 Å². The Balaban J connectivity index is 3.25. The van der Waals surface area contributed by atoms with E-state index in [0.29, 0.717) is 5.02 Å². The van der Waals surface area contributed by atoms with Crippen LogP contribution in [-0.4, -0.2) is 0 Å². The maximum Gasteiger partial charge on any atom is 0.0701 e. The van der Waals surface area contributed by atoms with E-state index in [-0.39, 0.29) is 0 Å². The lowest BCUT2D eigenvalue weighted by molar-refractivity contribution is 1.29. The fourth-order valence-corrected chi connectivity index (χ4v) is 1.47. The molecule has 0 aliphatic carbocycles. The van der Waals surface area contributed by atoms with Crippen molar-refractivity contribution in [3.05, 3.63) is 28.3 Å². The molecule has 11 heavy (non-hydrogen) atoms. The van der Waals surface area contributed by atoms with Gasteiger partial charge < -0.3 is 5.43 Å². The van der Waals surface area contributed by atoms with E-state index in [1.165, 1.54) is 0 Å². The van der Waals surface area contributed by atoms with Crippen molar-refractivity contribution < 1.29 is 0 Å². The van der Waals surface area contributed by atoms with E-state index in [1.807, 2.05) is 26.0 Å². The number of benzene rings is 1. The first kappa shape index (κ1) is 8.37. The number of rotatable bonds is 1. The molecule has 1 aromatic carbocycles. The molecule has 0 fully saturated rings. The third kappa shape index (κ3) is 1.64. The number of nitrogens with one attached hydrogen (secondary N) is 1. The van der Waals surface area contributed by atoms with Crippen LogP contribution in [0.25, 0.3) is 0 Å². The second-order valence-electron chi connectivity index (χ2n) is 2.58. The van der Waals surface area contributed by atoms with Crippen molar-refractivity contribution in [1.82, 2.24) is 0 Å². The third-order valence-electron chi connectivity index (χ3n) is 1.58. The van der Waals surface area contributed by atoms with Gasteiger partial charge in [-0.25, -0.2) is 0 Å². The van der Waals surface area contributed by atoms with Gasteiger partial charge in [-0.05, 0) is 31.0 Å². The minimum Gasteiger partial charge on any atom is -0.322 e. The number of hydrogen-bond donors (Lipinski definition) is 2. The Hall–Kier alpha value is -0.730. The molecule has 1 rings (SSSR count). The smallest absolute Gasteiger partial charge is 0.0701 e. The van der Waals surface area contributed by atoms with Crippen LogP contribution in [0.4, 0.5) is 5.69 Å². The van der Waals surface area contributed by atoms with Gasteiger partial charge in [0.2, 0.25) is 0 Å². The standard InChI is InChI=1S/C8H11ClN2/c1-5-3-6(2)8(11-10)7(9)4-5/h3-4,11H,10H2,1-2H3. The zero-order valence-electron chi connectivity index (χ0n) is 6.61. The minimum absolute atomic E-state index is 0.671. The molecule has 0 spiro atoms. The fraction of sp³-hybridized carbons (Fsp3) is 0.250. The Morgan fingerprint density at radius 1 is 1.36 bits per heavy atom. The molecule has 0 aliphatic heterocycles. The predicted octanol–water partition coefficient (Wildman–Crippen LogP) is 2.24. The second-order valence-corrected chi connectivity index (χ2v) is 2.99. The summed E-state index contributed by atoms with van der Waals surface area (Å²) >= 11 is 5.89. The Morgan fingerprint density at radius 3 is 2.45 bits per heavy atom. The maximum atomic E-state index is 5.89. The second kappa shape index (κ2) is 3.11. The Morgan fingerprint density at radius 2 is 2.00 bits per heavy atom. The van der Waals surface area contributed by atoms with Crippen molar-refractivity contribution in [2.24, 2.45) is 5.84 Å². The highest BCUT2D eigenvalue weighted by Crippen LogP contribution is 2.25. The fourth-order valence-electron chi connectivity index (χ4n) is 1.10. The molecule has 0 atom stereocenters. The molecule has 0 saturated heterocycles. The van der Waals surface area contributed by atoms with Gasteiger partial charge in [-0.1, -0.05) is 17.7 Å². The van der Waals surface area contributed by atoms with Gasteiger partial charge in [-0.3, -0.25) is 5.84 Å². The van der Waals surface area contributed by atoms with E-state index in [2.05, 4.69) is 5.43 Å². The number of aryl methyl sites for hydroxylation is 2. The lowest BCUT2D eigenvalue weighted by atomic mass is 10.1. The molecular formula is C8H11ClN2. The van der Waals surface area contributed by atoms with Crippen LogP contribution in [-0.2, 0) is 0 Å². The third-order valence-corrected chi connectivity index (χ3v) is 1.87. The molecule has 0 aliphatic rings. The van der Waals surface area contributed by atoms with Crippen LogP contribution in [0.2, 0.25) is 5.02 Å². The summed E-state index contributed by atoms with van der Waals surface area (Å²) in [5.41, 5.74) is 5.57. The molecule has 3 N–H and O–H groups in total. The zero-order valence-corrected chi connectivity index (χ0v) is 7.37. The van der Waals surface area contributed by atoms with Gasteiger partial charge in [0.1, 0.15) is 0 Å². The summed E-state index contributed by atoms with van der Waals surface area (Å²) in [5.74, 6) is 5.27. The molecule has 0 bridgehead atoms. The average Bonchev–Trinajstić information content (AvgIpc) is 1.85. The molecule has 3 heteroatoms. The van der Waals surface area contributed by atoms with Gasteiger partial charge in [0.15, 0.2) is 0 Å². The molecule has 0 heterocycles. The van der Waals surface area contributed by atoms with Crippen LogP contribution in [0.3, 0.4) is 0 Å². The van der Waals surface area contributed by atoms with E-state index in [1.54, 1.807) is 0 Å². The van der Waals surface area contributed by atoms with Crippen molar-refractivity contribution in [1.29, 1.82) is 0 Å². The van der Waals surface area contributed by atoms with Crippen molar-refractivity contribution in [2.75, 3.05) is 5.43 Å². The van der Waals surface area contributed by atoms with E-state index < -0.39 is 0 Å². The van der Waals surface area contributed by atoms with Gasteiger partial charge in [-0.2, -0.15) is 0 Å². The van der Waals surface area contributed by atoms with E-state index in [0.717, 1.165) is 16.8 Å². The molecule has 60 valence electrons. The number of hydrazine groups is 1. The van der Waals surface area contributed by atoms with E-state index in [9.17, 15) is 0 Å². The number of hydrogen-bond acceptors (Lipinski definition) is 2. The molecule has 0 aromatic heterocycles. The summed E-state index contributed by atoms with van der Waals surface area (Å²) < 4.78 is 0. The first-order valence-corrected chi connectivity index (χ1v) is 3.76. The molecule has 0 radical (unpaired) electrons. The summed E-state index contributed by atoms with van der Waals surface area (Å²) in [6, 6.07) is 3.91. The molecule has 0 amide bonds. The van der Waals surface area contributed by atoms with Crippen LogP contribution in [0, 0.1) is 13.8 Å². The number of nitrogens with two attached hydrogens (primary N) is 1. The summed E-state index contributed by atoms with van der Waals surface area (Å²) in [6.07, 6.45) is 0. The summed E-state index contributed by atoms with van der Waals surface area (Å²) in [7, 11) is 0. The van der Waals surface area contributed by atoms with Gasteiger partial charge >= 0.3 is 0 Å². The SMILES string of the molecule is Cc1cc(C)c(NN)c(Cl)c1. The number of halogens is 1. The first-order chi connectivity index (χ1) is 5.15. The van der Waals surface area contributed by atoms with Gasteiger partial charge in [0.05, 0.1) is 10.7 Å². The summed E-state index contributed by atoms with van der Waals surface area (Å²) in [4.78, 5) is 0. The zero-order chi connectivity index (χ0) is 8.43.